The maximum absolute atomic E-state index is 11.8. The van der Waals surface area contributed by atoms with Gasteiger partial charge in [0.25, 0.3) is 0 Å². The van der Waals surface area contributed by atoms with Gasteiger partial charge in [0.05, 0.1) is 5.56 Å². The minimum absolute atomic E-state index is 0.146. The molecule has 3 heteroatoms. The van der Waals surface area contributed by atoms with Crippen molar-refractivity contribution in [3.8, 4) is 0 Å². The van der Waals surface area contributed by atoms with E-state index in [0.717, 1.165) is 0 Å². The predicted octanol–water partition coefficient (Wildman–Crippen LogP) is 2.32. The first-order valence-corrected chi connectivity index (χ1v) is 4.45. The summed E-state index contributed by atoms with van der Waals surface area (Å²) in [4.78, 5) is 22.2. The van der Waals surface area contributed by atoms with E-state index in [0.29, 0.717) is 17.4 Å². The zero-order chi connectivity index (χ0) is 10.7. The molecule has 74 valence electrons. The first-order valence-electron chi connectivity index (χ1n) is 4.45. The number of hydrogen-bond acceptors (Lipinski definition) is 3. The molecule has 1 heterocycles. The zero-order valence-corrected chi connectivity index (χ0v) is 7.84. The third-order valence-electron chi connectivity index (χ3n) is 2.03. The Morgan fingerprint density at radius 1 is 1.13 bits per heavy atom. The Morgan fingerprint density at radius 2 is 1.87 bits per heavy atom. The third-order valence-corrected chi connectivity index (χ3v) is 2.03. The molecule has 0 aliphatic heterocycles. The molecule has 15 heavy (non-hydrogen) atoms. The highest BCUT2D eigenvalue weighted by molar-refractivity contribution is 6.09. The molecule has 0 aliphatic rings. The molecule has 0 fully saturated rings. The van der Waals surface area contributed by atoms with Crippen LogP contribution in [0.25, 0.3) is 0 Å². The second-order valence-corrected chi connectivity index (χ2v) is 3.05. The van der Waals surface area contributed by atoms with Crippen molar-refractivity contribution in [2.24, 2.45) is 0 Å². The van der Waals surface area contributed by atoms with Gasteiger partial charge in [0.1, 0.15) is 6.26 Å². The minimum atomic E-state index is -0.146. The molecule has 1 aromatic carbocycles. The molecule has 1 aromatic heterocycles. The standard InChI is InChI=1S/C12H8O3/c13-7-11-6-10(8-15-11)12(14)9-4-2-1-3-5-9/h1-8H. The van der Waals surface area contributed by atoms with Crippen LogP contribution in [0.2, 0.25) is 0 Å². The topological polar surface area (TPSA) is 47.3 Å². The highest BCUT2D eigenvalue weighted by atomic mass is 16.3. The summed E-state index contributed by atoms with van der Waals surface area (Å²) < 4.78 is 4.87. The summed E-state index contributed by atoms with van der Waals surface area (Å²) >= 11 is 0. The lowest BCUT2D eigenvalue weighted by Gasteiger charge is -1.95. The Morgan fingerprint density at radius 3 is 2.47 bits per heavy atom. The van der Waals surface area contributed by atoms with Crippen LogP contribution >= 0.6 is 0 Å². The summed E-state index contributed by atoms with van der Waals surface area (Å²) in [6, 6.07) is 10.3. The van der Waals surface area contributed by atoms with E-state index in [4.69, 9.17) is 4.42 Å². The number of aldehydes is 1. The number of rotatable bonds is 3. The molecular weight excluding hydrogens is 192 g/mol. The monoisotopic (exact) mass is 200 g/mol. The van der Waals surface area contributed by atoms with E-state index in [9.17, 15) is 9.59 Å². The predicted molar refractivity (Wildman–Crippen MR) is 54.0 cm³/mol. The van der Waals surface area contributed by atoms with Gasteiger partial charge in [-0.2, -0.15) is 0 Å². The van der Waals surface area contributed by atoms with Crippen LogP contribution in [0.3, 0.4) is 0 Å². The van der Waals surface area contributed by atoms with E-state index in [2.05, 4.69) is 0 Å². The van der Waals surface area contributed by atoms with Gasteiger partial charge in [0.15, 0.2) is 17.8 Å². The van der Waals surface area contributed by atoms with Crippen LogP contribution in [-0.2, 0) is 0 Å². The van der Waals surface area contributed by atoms with Gasteiger partial charge in [-0.15, -0.1) is 0 Å². The fraction of sp³-hybridized carbons (Fsp3) is 0. The molecule has 0 bridgehead atoms. The number of hydrogen-bond donors (Lipinski definition) is 0. The van der Waals surface area contributed by atoms with E-state index < -0.39 is 0 Å². The van der Waals surface area contributed by atoms with E-state index >= 15 is 0 Å². The van der Waals surface area contributed by atoms with Crippen LogP contribution in [0.5, 0.6) is 0 Å². The lowest BCUT2D eigenvalue weighted by atomic mass is 10.1. The fourth-order valence-electron chi connectivity index (χ4n) is 1.29. The molecule has 3 nitrogen and oxygen atoms in total. The van der Waals surface area contributed by atoms with Gasteiger partial charge in [-0.3, -0.25) is 9.59 Å². The Labute approximate surface area is 86.3 Å². The average Bonchev–Trinajstić information content (AvgIpc) is 2.78. The van der Waals surface area contributed by atoms with Gasteiger partial charge in [-0.05, 0) is 6.07 Å². The summed E-state index contributed by atoms with van der Waals surface area (Å²) in [5.74, 6) is 0.0155. The number of furan rings is 1. The van der Waals surface area contributed by atoms with Gasteiger partial charge in [-0.25, -0.2) is 0 Å². The van der Waals surface area contributed by atoms with Gasteiger partial charge in [0.2, 0.25) is 0 Å². The summed E-state index contributed by atoms with van der Waals surface area (Å²) in [5, 5.41) is 0. The van der Waals surface area contributed by atoms with Crippen molar-refractivity contribution in [3.05, 3.63) is 59.5 Å². The summed E-state index contributed by atoms with van der Waals surface area (Å²) in [7, 11) is 0. The second kappa shape index (κ2) is 3.92. The van der Waals surface area contributed by atoms with Crippen LogP contribution in [-0.4, -0.2) is 12.1 Å². The maximum atomic E-state index is 11.8. The Kier molecular flexibility index (Phi) is 2.46. The van der Waals surface area contributed by atoms with Crippen LogP contribution in [0, 0.1) is 0 Å². The Balaban J connectivity index is 2.32. The van der Waals surface area contributed by atoms with Gasteiger partial charge >= 0.3 is 0 Å². The summed E-state index contributed by atoms with van der Waals surface area (Å²) in [5.41, 5.74) is 0.971. The average molecular weight is 200 g/mol. The number of ketones is 1. The third kappa shape index (κ3) is 1.86. The highest BCUT2D eigenvalue weighted by Crippen LogP contribution is 2.12. The van der Waals surface area contributed by atoms with Crippen molar-refractivity contribution >= 4 is 12.1 Å². The summed E-state index contributed by atoms with van der Waals surface area (Å²) in [6.07, 6.45) is 1.86. The molecule has 0 saturated heterocycles. The Bertz CT molecular complexity index is 483. The van der Waals surface area contributed by atoms with Gasteiger partial charge < -0.3 is 4.42 Å². The molecule has 0 unspecified atom stereocenters. The number of benzene rings is 1. The second-order valence-electron chi connectivity index (χ2n) is 3.05. The smallest absolute Gasteiger partial charge is 0.196 e. The SMILES string of the molecule is O=Cc1cc(C(=O)c2ccccc2)co1. The van der Waals surface area contributed by atoms with E-state index in [1.165, 1.54) is 12.3 Å². The molecule has 0 saturated carbocycles. The van der Waals surface area contributed by atoms with Crippen LogP contribution < -0.4 is 0 Å². The quantitative estimate of drug-likeness (QED) is 0.564. The van der Waals surface area contributed by atoms with Crippen LogP contribution in [0.1, 0.15) is 26.5 Å². The first kappa shape index (κ1) is 9.40. The molecule has 0 spiro atoms. The maximum Gasteiger partial charge on any atom is 0.196 e. The molecule has 0 radical (unpaired) electrons. The van der Waals surface area contributed by atoms with Crippen molar-refractivity contribution in [3.63, 3.8) is 0 Å². The molecule has 2 rings (SSSR count). The zero-order valence-electron chi connectivity index (χ0n) is 7.84. The van der Waals surface area contributed by atoms with Gasteiger partial charge in [-0.1, -0.05) is 30.3 Å². The first-order chi connectivity index (χ1) is 7.31. The fourth-order valence-corrected chi connectivity index (χ4v) is 1.29. The van der Waals surface area contributed by atoms with Crippen molar-refractivity contribution in [2.45, 2.75) is 0 Å². The largest absolute Gasteiger partial charge is 0.461 e. The van der Waals surface area contributed by atoms with Crippen molar-refractivity contribution < 1.29 is 14.0 Å². The molecule has 0 aliphatic carbocycles. The number of carbonyl (C=O) groups is 2. The van der Waals surface area contributed by atoms with Crippen molar-refractivity contribution in [1.29, 1.82) is 0 Å². The molecule has 0 atom stereocenters. The molecule has 2 aromatic rings. The number of carbonyl (C=O) groups excluding carboxylic acids is 2. The van der Waals surface area contributed by atoms with Crippen molar-refractivity contribution in [2.75, 3.05) is 0 Å². The Hall–Kier alpha value is -2.16. The summed E-state index contributed by atoms with van der Waals surface area (Å²) in [6.45, 7) is 0. The van der Waals surface area contributed by atoms with Gasteiger partial charge in [0, 0.05) is 5.56 Å². The van der Waals surface area contributed by atoms with E-state index in [-0.39, 0.29) is 11.5 Å². The van der Waals surface area contributed by atoms with Crippen molar-refractivity contribution in [1.82, 2.24) is 0 Å². The lowest BCUT2D eigenvalue weighted by Crippen LogP contribution is -1.98. The molecule has 0 N–H and O–H groups in total. The lowest BCUT2D eigenvalue weighted by molar-refractivity contribution is 0.103. The van der Waals surface area contributed by atoms with E-state index in [1.807, 2.05) is 6.07 Å². The van der Waals surface area contributed by atoms with E-state index in [1.54, 1.807) is 24.3 Å². The normalized spacial score (nSPS) is 9.87. The van der Waals surface area contributed by atoms with Crippen LogP contribution in [0.15, 0.2) is 47.1 Å². The molecular formula is C12H8O3. The highest BCUT2D eigenvalue weighted by Gasteiger charge is 2.11. The van der Waals surface area contributed by atoms with Crippen LogP contribution in [0.4, 0.5) is 0 Å². The molecule has 0 amide bonds. The minimum Gasteiger partial charge on any atom is -0.461 e.